The molecule has 0 saturated heterocycles. The van der Waals surface area contributed by atoms with Gasteiger partial charge in [-0.15, -0.1) is 0 Å². The van der Waals surface area contributed by atoms with E-state index in [9.17, 15) is 4.79 Å². The quantitative estimate of drug-likeness (QED) is 0.928. The molecule has 2 aromatic rings. The molecule has 0 radical (unpaired) electrons. The van der Waals surface area contributed by atoms with Crippen LogP contribution in [0.1, 0.15) is 22.3 Å². The molecule has 0 atom stereocenters. The molecule has 0 aliphatic carbocycles. The van der Waals surface area contributed by atoms with Gasteiger partial charge in [0.1, 0.15) is 12.4 Å². The molecule has 4 heteroatoms. The SMILES string of the molecule is CNC(=O)N(C)c1cccc(C)c1COc1ccc(C)cc1C. The first kappa shape index (κ1) is 16.9. The Hall–Kier alpha value is -2.49. The Kier molecular flexibility index (Phi) is 5.27. The average molecular weight is 312 g/mol. The van der Waals surface area contributed by atoms with Gasteiger partial charge in [-0.1, -0.05) is 29.8 Å². The fourth-order valence-electron chi connectivity index (χ4n) is 2.58. The third-order valence-corrected chi connectivity index (χ3v) is 3.97. The molecular weight excluding hydrogens is 288 g/mol. The van der Waals surface area contributed by atoms with Crippen molar-refractivity contribution >= 4 is 11.7 Å². The molecule has 2 aromatic carbocycles. The maximum Gasteiger partial charge on any atom is 0.321 e. The summed E-state index contributed by atoms with van der Waals surface area (Å²) in [4.78, 5) is 13.5. The summed E-state index contributed by atoms with van der Waals surface area (Å²) in [6, 6.07) is 11.9. The largest absolute Gasteiger partial charge is 0.489 e. The van der Waals surface area contributed by atoms with Crippen LogP contribution in [0.3, 0.4) is 0 Å². The number of carbonyl (C=O) groups excluding carboxylic acids is 1. The summed E-state index contributed by atoms with van der Waals surface area (Å²) in [6.07, 6.45) is 0. The number of rotatable bonds is 4. The second-order valence-corrected chi connectivity index (χ2v) is 5.74. The van der Waals surface area contributed by atoms with Gasteiger partial charge in [-0.3, -0.25) is 4.90 Å². The summed E-state index contributed by atoms with van der Waals surface area (Å²) >= 11 is 0. The molecule has 2 amide bonds. The van der Waals surface area contributed by atoms with Gasteiger partial charge < -0.3 is 10.1 Å². The first-order valence-electron chi connectivity index (χ1n) is 7.68. The summed E-state index contributed by atoms with van der Waals surface area (Å²) in [5.41, 5.74) is 5.29. The Bertz CT molecular complexity index is 711. The maximum absolute atomic E-state index is 11.9. The van der Waals surface area contributed by atoms with Crippen LogP contribution in [0.15, 0.2) is 36.4 Å². The first-order chi connectivity index (χ1) is 10.9. The van der Waals surface area contributed by atoms with Gasteiger partial charge in [0, 0.05) is 19.7 Å². The highest BCUT2D eigenvalue weighted by Crippen LogP contribution is 2.26. The first-order valence-corrected chi connectivity index (χ1v) is 7.68. The molecule has 0 aliphatic heterocycles. The normalized spacial score (nSPS) is 10.3. The zero-order valence-corrected chi connectivity index (χ0v) is 14.4. The molecule has 122 valence electrons. The average Bonchev–Trinajstić information content (AvgIpc) is 2.53. The van der Waals surface area contributed by atoms with E-state index < -0.39 is 0 Å². The summed E-state index contributed by atoms with van der Waals surface area (Å²) in [7, 11) is 3.38. The van der Waals surface area contributed by atoms with Crippen LogP contribution < -0.4 is 15.0 Å². The summed E-state index contributed by atoms with van der Waals surface area (Å²) in [5, 5.41) is 2.65. The number of nitrogens with one attached hydrogen (secondary N) is 1. The lowest BCUT2D eigenvalue weighted by atomic mass is 10.1. The van der Waals surface area contributed by atoms with Gasteiger partial charge in [0.25, 0.3) is 0 Å². The van der Waals surface area contributed by atoms with E-state index in [0.717, 1.165) is 28.1 Å². The molecule has 0 spiro atoms. The predicted octanol–water partition coefficient (Wildman–Crippen LogP) is 3.97. The van der Waals surface area contributed by atoms with E-state index in [-0.39, 0.29) is 6.03 Å². The summed E-state index contributed by atoms with van der Waals surface area (Å²) in [6.45, 7) is 6.56. The highest BCUT2D eigenvalue weighted by molar-refractivity contribution is 5.92. The van der Waals surface area contributed by atoms with E-state index in [2.05, 4.69) is 18.3 Å². The highest BCUT2D eigenvalue weighted by Gasteiger charge is 2.15. The fraction of sp³-hybridized carbons (Fsp3) is 0.316. The van der Waals surface area contributed by atoms with Gasteiger partial charge >= 0.3 is 6.03 Å². The number of hydrogen-bond acceptors (Lipinski definition) is 2. The van der Waals surface area contributed by atoms with Crippen molar-refractivity contribution in [3.05, 3.63) is 58.7 Å². The van der Waals surface area contributed by atoms with Crippen molar-refractivity contribution in [1.82, 2.24) is 5.32 Å². The topological polar surface area (TPSA) is 41.6 Å². The Morgan fingerprint density at radius 2 is 1.87 bits per heavy atom. The van der Waals surface area contributed by atoms with Crippen LogP contribution in [0.5, 0.6) is 5.75 Å². The fourth-order valence-corrected chi connectivity index (χ4v) is 2.58. The van der Waals surface area contributed by atoms with Gasteiger partial charge in [0.05, 0.1) is 5.69 Å². The number of nitrogens with zero attached hydrogens (tertiary/aromatic N) is 1. The number of urea groups is 1. The second kappa shape index (κ2) is 7.18. The Morgan fingerprint density at radius 3 is 2.52 bits per heavy atom. The van der Waals surface area contributed by atoms with Crippen molar-refractivity contribution in [1.29, 1.82) is 0 Å². The van der Waals surface area contributed by atoms with E-state index in [1.807, 2.05) is 44.2 Å². The van der Waals surface area contributed by atoms with Crippen molar-refractivity contribution in [3.8, 4) is 5.75 Å². The number of benzene rings is 2. The number of carbonyl (C=O) groups is 1. The van der Waals surface area contributed by atoms with Gasteiger partial charge in [0.2, 0.25) is 0 Å². The van der Waals surface area contributed by atoms with Gasteiger partial charge in [-0.05, 0) is 44.0 Å². The van der Waals surface area contributed by atoms with E-state index in [1.54, 1.807) is 19.0 Å². The summed E-state index contributed by atoms with van der Waals surface area (Å²) in [5.74, 6) is 0.868. The highest BCUT2D eigenvalue weighted by atomic mass is 16.5. The smallest absolute Gasteiger partial charge is 0.321 e. The zero-order valence-electron chi connectivity index (χ0n) is 14.4. The Morgan fingerprint density at radius 1 is 1.13 bits per heavy atom. The van der Waals surface area contributed by atoms with Gasteiger partial charge in [0.15, 0.2) is 0 Å². The van der Waals surface area contributed by atoms with Crippen LogP contribution in [0, 0.1) is 20.8 Å². The lowest BCUT2D eigenvalue weighted by Crippen LogP contribution is -2.35. The standard InChI is InChI=1S/C19H24N2O2/c1-13-9-10-18(15(3)11-13)23-12-16-14(2)7-6-8-17(16)21(5)19(22)20-4/h6-11H,12H2,1-5H3,(H,20,22). The van der Waals surface area contributed by atoms with Crippen molar-refractivity contribution in [2.24, 2.45) is 0 Å². The van der Waals surface area contributed by atoms with Crippen molar-refractivity contribution < 1.29 is 9.53 Å². The van der Waals surface area contributed by atoms with E-state index in [4.69, 9.17) is 4.74 Å². The Balaban J connectivity index is 2.27. The molecule has 0 bridgehead atoms. The molecule has 23 heavy (non-hydrogen) atoms. The molecule has 0 heterocycles. The number of ether oxygens (including phenoxy) is 1. The molecule has 2 rings (SSSR count). The Labute approximate surface area is 138 Å². The molecule has 0 saturated carbocycles. The van der Waals surface area contributed by atoms with Crippen LogP contribution in [0.4, 0.5) is 10.5 Å². The molecule has 0 aliphatic rings. The zero-order chi connectivity index (χ0) is 17.0. The van der Waals surface area contributed by atoms with Crippen LogP contribution in [-0.2, 0) is 6.61 Å². The monoisotopic (exact) mass is 312 g/mol. The molecule has 4 nitrogen and oxygen atoms in total. The second-order valence-electron chi connectivity index (χ2n) is 5.74. The lowest BCUT2D eigenvalue weighted by molar-refractivity contribution is 0.249. The maximum atomic E-state index is 11.9. The molecule has 0 fully saturated rings. The summed E-state index contributed by atoms with van der Waals surface area (Å²) < 4.78 is 6.00. The minimum Gasteiger partial charge on any atom is -0.489 e. The van der Waals surface area contributed by atoms with Gasteiger partial charge in [-0.2, -0.15) is 0 Å². The molecule has 1 N–H and O–H groups in total. The number of aryl methyl sites for hydroxylation is 3. The predicted molar refractivity (Wildman–Crippen MR) is 94.3 cm³/mol. The van der Waals surface area contributed by atoms with E-state index in [1.165, 1.54) is 5.56 Å². The van der Waals surface area contributed by atoms with Crippen molar-refractivity contribution in [2.75, 3.05) is 19.0 Å². The molecular formula is C19H24N2O2. The molecule has 0 aromatic heterocycles. The molecule has 0 unspecified atom stereocenters. The minimum absolute atomic E-state index is 0.150. The van der Waals surface area contributed by atoms with Crippen LogP contribution >= 0.6 is 0 Å². The number of hydrogen-bond donors (Lipinski definition) is 1. The van der Waals surface area contributed by atoms with Crippen molar-refractivity contribution in [2.45, 2.75) is 27.4 Å². The lowest BCUT2D eigenvalue weighted by Gasteiger charge is -2.22. The van der Waals surface area contributed by atoms with Crippen LogP contribution in [0.2, 0.25) is 0 Å². The van der Waals surface area contributed by atoms with Crippen LogP contribution in [0.25, 0.3) is 0 Å². The number of anilines is 1. The van der Waals surface area contributed by atoms with Crippen molar-refractivity contribution in [3.63, 3.8) is 0 Å². The number of amides is 2. The third-order valence-electron chi connectivity index (χ3n) is 3.97. The van der Waals surface area contributed by atoms with Crippen LogP contribution in [-0.4, -0.2) is 20.1 Å². The van der Waals surface area contributed by atoms with Gasteiger partial charge in [-0.25, -0.2) is 4.79 Å². The van der Waals surface area contributed by atoms with E-state index >= 15 is 0 Å². The minimum atomic E-state index is -0.150. The van der Waals surface area contributed by atoms with E-state index in [0.29, 0.717) is 6.61 Å². The third kappa shape index (κ3) is 3.83.